The van der Waals surface area contributed by atoms with Crippen molar-refractivity contribution in [2.45, 2.75) is 41.5 Å². The predicted molar refractivity (Wildman–Crippen MR) is 77.8 cm³/mol. The summed E-state index contributed by atoms with van der Waals surface area (Å²) >= 11 is 0. The SMILES string of the molecule is Cc1ccc(N(CC(C)C)CC(C)C)cc1C. The molecule has 1 nitrogen and oxygen atoms in total. The Kier molecular flexibility index (Phi) is 5.04. The molecule has 0 saturated carbocycles. The third-order valence-electron chi connectivity index (χ3n) is 3.03. The van der Waals surface area contributed by atoms with Gasteiger partial charge >= 0.3 is 0 Å². The first-order valence-electron chi connectivity index (χ1n) is 6.72. The molecule has 1 aromatic rings. The predicted octanol–water partition coefficient (Wildman–Crippen LogP) is 4.42. The largest absolute Gasteiger partial charge is 0.371 e. The van der Waals surface area contributed by atoms with Gasteiger partial charge in [-0.05, 0) is 48.9 Å². The molecular weight excluding hydrogens is 206 g/mol. The van der Waals surface area contributed by atoms with Crippen LogP contribution in [-0.2, 0) is 0 Å². The number of aryl methyl sites for hydroxylation is 2. The summed E-state index contributed by atoms with van der Waals surface area (Å²) in [6.45, 7) is 15.8. The van der Waals surface area contributed by atoms with Crippen LogP contribution in [0.4, 0.5) is 5.69 Å². The van der Waals surface area contributed by atoms with Crippen LogP contribution >= 0.6 is 0 Å². The van der Waals surface area contributed by atoms with Gasteiger partial charge in [0.1, 0.15) is 0 Å². The van der Waals surface area contributed by atoms with E-state index in [1.165, 1.54) is 16.8 Å². The quantitative estimate of drug-likeness (QED) is 0.727. The summed E-state index contributed by atoms with van der Waals surface area (Å²) < 4.78 is 0. The summed E-state index contributed by atoms with van der Waals surface area (Å²) in [6, 6.07) is 6.81. The molecule has 0 unspecified atom stereocenters. The Hall–Kier alpha value is -0.980. The van der Waals surface area contributed by atoms with E-state index in [2.05, 4.69) is 64.6 Å². The number of benzene rings is 1. The molecule has 0 aromatic heterocycles. The first-order chi connectivity index (χ1) is 7.90. The summed E-state index contributed by atoms with van der Waals surface area (Å²) in [5, 5.41) is 0. The summed E-state index contributed by atoms with van der Waals surface area (Å²) in [6.07, 6.45) is 0. The Morgan fingerprint density at radius 1 is 0.882 bits per heavy atom. The molecule has 0 aliphatic carbocycles. The number of nitrogens with zero attached hydrogens (tertiary/aromatic N) is 1. The van der Waals surface area contributed by atoms with Crippen molar-refractivity contribution in [3.63, 3.8) is 0 Å². The molecule has 0 atom stereocenters. The third kappa shape index (κ3) is 4.41. The molecule has 0 fully saturated rings. The molecule has 1 heteroatoms. The van der Waals surface area contributed by atoms with Crippen LogP contribution in [0, 0.1) is 25.7 Å². The van der Waals surface area contributed by atoms with Crippen molar-refractivity contribution in [1.82, 2.24) is 0 Å². The molecule has 0 amide bonds. The first kappa shape index (κ1) is 14.1. The fourth-order valence-corrected chi connectivity index (χ4v) is 2.09. The van der Waals surface area contributed by atoms with Gasteiger partial charge in [-0.25, -0.2) is 0 Å². The van der Waals surface area contributed by atoms with Crippen molar-refractivity contribution in [3.05, 3.63) is 29.3 Å². The first-order valence-corrected chi connectivity index (χ1v) is 6.72. The Labute approximate surface area is 107 Å². The Morgan fingerprint density at radius 2 is 1.41 bits per heavy atom. The highest BCUT2D eigenvalue weighted by atomic mass is 15.1. The number of hydrogen-bond donors (Lipinski definition) is 0. The molecule has 0 N–H and O–H groups in total. The van der Waals surface area contributed by atoms with Gasteiger partial charge < -0.3 is 4.90 Å². The van der Waals surface area contributed by atoms with Crippen LogP contribution in [0.1, 0.15) is 38.8 Å². The van der Waals surface area contributed by atoms with Crippen molar-refractivity contribution >= 4 is 5.69 Å². The van der Waals surface area contributed by atoms with Gasteiger partial charge in [0, 0.05) is 18.8 Å². The van der Waals surface area contributed by atoms with E-state index in [-0.39, 0.29) is 0 Å². The van der Waals surface area contributed by atoms with Crippen molar-refractivity contribution in [3.8, 4) is 0 Å². The highest BCUT2D eigenvalue weighted by Gasteiger charge is 2.10. The molecule has 1 rings (SSSR count). The van der Waals surface area contributed by atoms with E-state index >= 15 is 0 Å². The molecule has 0 aliphatic rings. The fourth-order valence-electron chi connectivity index (χ4n) is 2.09. The molecule has 0 radical (unpaired) electrons. The Bertz CT molecular complexity index is 343. The van der Waals surface area contributed by atoms with Crippen molar-refractivity contribution < 1.29 is 0 Å². The molecule has 0 spiro atoms. The van der Waals surface area contributed by atoms with Gasteiger partial charge in [-0.2, -0.15) is 0 Å². The van der Waals surface area contributed by atoms with Gasteiger partial charge in [0.15, 0.2) is 0 Å². The van der Waals surface area contributed by atoms with Gasteiger partial charge in [0.2, 0.25) is 0 Å². The molecule has 0 aliphatic heterocycles. The number of anilines is 1. The lowest BCUT2D eigenvalue weighted by Crippen LogP contribution is -2.31. The van der Waals surface area contributed by atoms with E-state index in [4.69, 9.17) is 0 Å². The van der Waals surface area contributed by atoms with Gasteiger partial charge in [-0.15, -0.1) is 0 Å². The van der Waals surface area contributed by atoms with Gasteiger partial charge in [-0.3, -0.25) is 0 Å². The van der Waals surface area contributed by atoms with E-state index in [1.807, 2.05) is 0 Å². The number of rotatable bonds is 5. The standard InChI is InChI=1S/C16H27N/c1-12(2)10-17(11-13(3)4)16-8-7-14(5)15(6)9-16/h7-9,12-13H,10-11H2,1-6H3. The maximum Gasteiger partial charge on any atom is 0.0369 e. The smallest absolute Gasteiger partial charge is 0.0369 e. The molecule has 17 heavy (non-hydrogen) atoms. The number of hydrogen-bond acceptors (Lipinski definition) is 1. The molecule has 96 valence electrons. The third-order valence-corrected chi connectivity index (χ3v) is 3.03. The Balaban J connectivity index is 2.91. The van der Waals surface area contributed by atoms with Gasteiger partial charge in [-0.1, -0.05) is 33.8 Å². The van der Waals surface area contributed by atoms with E-state index in [1.54, 1.807) is 0 Å². The summed E-state index contributed by atoms with van der Waals surface area (Å²) in [5.74, 6) is 1.41. The molecule has 0 heterocycles. The minimum atomic E-state index is 0.704. The lowest BCUT2D eigenvalue weighted by molar-refractivity contribution is 0.552. The van der Waals surface area contributed by atoms with Gasteiger partial charge in [0.25, 0.3) is 0 Å². The fraction of sp³-hybridized carbons (Fsp3) is 0.625. The monoisotopic (exact) mass is 233 g/mol. The average molecular weight is 233 g/mol. The van der Waals surface area contributed by atoms with Crippen molar-refractivity contribution in [1.29, 1.82) is 0 Å². The van der Waals surface area contributed by atoms with E-state index < -0.39 is 0 Å². The topological polar surface area (TPSA) is 3.24 Å². The molecular formula is C16H27N. The zero-order valence-corrected chi connectivity index (χ0v) is 12.2. The van der Waals surface area contributed by atoms with E-state index in [0.717, 1.165) is 13.1 Å². The van der Waals surface area contributed by atoms with Gasteiger partial charge in [0.05, 0.1) is 0 Å². The zero-order valence-electron chi connectivity index (χ0n) is 12.2. The summed E-state index contributed by atoms with van der Waals surface area (Å²) in [5.41, 5.74) is 4.14. The van der Waals surface area contributed by atoms with Crippen LogP contribution in [0.15, 0.2) is 18.2 Å². The second-order valence-corrected chi connectivity index (χ2v) is 5.96. The highest BCUT2D eigenvalue weighted by Crippen LogP contribution is 2.21. The van der Waals surface area contributed by atoms with Crippen molar-refractivity contribution in [2.75, 3.05) is 18.0 Å². The molecule has 0 bridgehead atoms. The molecule has 1 aromatic carbocycles. The van der Waals surface area contributed by atoms with Crippen LogP contribution in [0.25, 0.3) is 0 Å². The van der Waals surface area contributed by atoms with E-state index in [9.17, 15) is 0 Å². The van der Waals surface area contributed by atoms with Crippen LogP contribution in [0.2, 0.25) is 0 Å². The maximum absolute atomic E-state index is 2.52. The van der Waals surface area contributed by atoms with Crippen LogP contribution < -0.4 is 4.90 Å². The minimum absolute atomic E-state index is 0.704. The Morgan fingerprint density at radius 3 is 1.82 bits per heavy atom. The normalized spacial score (nSPS) is 11.3. The van der Waals surface area contributed by atoms with Crippen LogP contribution in [0.5, 0.6) is 0 Å². The summed E-state index contributed by atoms with van der Waals surface area (Å²) in [7, 11) is 0. The van der Waals surface area contributed by atoms with Crippen LogP contribution in [0.3, 0.4) is 0 Å². The zero-order chi connectivity index (χ0) is 13.0. The van der Waals surface area contributed by atoms with Crippen LogP contribution in [-0.4, -0.2) is 13.1 Å². The maximum atomic E-state index is 2.52. The second-order valence-electron chi connectivity index (χ2n) is 5.96. The lowest BCUT2D eigenvalue weighted by atomic mass is 10.1. The average Bonchev–Trinajstić information content (AvgIpc) is 2.19. The second kappa shape index (κ2) is 6.09. The lowest BCUT2D eigenvalue weighted by Gasteiger charge is -2.29. The van der Waals surface area contributed by atoms with Crippen molar-refractivity contribution in [2.24, 2.45) is 11.8 Å². The van der Waals surface area contributed by atoms with E-state index in [0.29, 0.717) is 11.8 Å². The summed E-state index contributed by atoms with van der Waals surface area (Å²) in [4.78, 5) is 2.52. The molecule has 0 saturated heterocycles. The highest BCUT2D eigenvalue weighted by molar-refractivity contribution is 5.50. The minimum Gasteiger partial charge on any atom is -0.371 e.